The van der Waals surface area contributed by atoms with Crippen LogP contribution in [0.1, 0.15) is 86.5 Å². The summed E-state index contributed by atoms with van der Waals surface area (Å²) in [5.41, 5.74) is 0. The molecule has 0 heterocycles. The molecule has 0 saturated carbocycles. The Balaban J connectivity index is 4.25. The van der Waals surface area contributed by atoms with E-state index >= 15 is 0 Å². The van der Waals surface area contributed by atoms with Gasteiger partial charge in [-0.3, -0.25) is 14.4 Å². The van der Waals surface area contributed by atoms with E-state index in [4.69, 9.17) is 14.2 Å². The number of unbranched alkanes of at least 4 members (excludes halogenated alkanes) is 4. The molecule has 6 heteroatoms. The Hall–Kier alpha value is -1.59. The molecular weight excluding hydrogens is 360 g/mol. The van der Waals surface area contributed by atoms with Gasteiger partial charge in [-0.15, -0.1) is 0 Å². The third-order valence-electron chi connectivity index (χ3n) is 4.23. The zero-order valence-corrected chi connectivity index (χ0v) is 18.6. The Morgan fingerprint density at radius 2 is 1.14 bits per heavy atom. The number of hydrogen-bond acceptors (Lipinski definition) is 6. The van der Waals surface area contributed by atoms with Gasteiger partial charge in [0.2, 0.25) is 0 Å². The van der Waals surface area contributed by atoms with E-state index in [1.165, 1.54) is 19.3 Å². The van der Waals surface area contributed by atoms with E-state index in [0.29, 0.717) is 6.42 Å². The van der Waals surface area contributed by atoms with Gasteiger partial charge in [-0.25, -0.2) is 0 Å². The summed E-state index contributed by atoms with van der Waals surface area (Å²) in [4.78, 5) is 35.4. The van der Waals surface area contributed by atoms with Crippen LogP contribution in [0, 0.1) is 17.8 Å². The Kier molecular flexibility index (Phi) is 14.5. The van der Waals surface area contributed by atoms with Gasteiger partial charge in [-0.2, -0.15) is 0 Å². The normalized spacial score (nSPS) is 11.4. The van der Waals surface area contributed by atoms with E-state index in [-0.39, 0.29) is 43.0 Å². The second kappa shape index (κ2) is 15.3. The fourth-order valence-corrected chi connectivity index (χ4v) is 2.40. The molecule has 6 nitrogen and oxygen atoms in total. The summed E-state index contributed by atoms with van der Waals surface area (Å²) >= 11 is 0. The molecule has 0 aromatic heterocycles. The molecular formula is C22H40O6. The molecule has 0 amide bonds. The Labute approximate surface area is 170 Å². The number of hydrogen-bond donors (Lipinski definition) is 0. The molecule has 0 aliphatic carbocycles. The zero-order valence-electron chi connectivity index (χ0n) is 18.6. The number of carbonyl (C=O) groups is 3. The number of carbonyl (C=O) groups excluding carboxylic acids is 3. The highest BCUT2D eigenvalue weighted by atomic mass is 16.6. The van der Waals surface area contributed by atoms with Crippen LogP contribution in [0.25, 0.3) is 0 Å². The molecule has 0 fully saturated rings. The maximum Gasteiger partial charge on any atom is 0.308 e. The van der Waals surface area contributed by atoms with Crippen LogP contribution >= 0.6 is 0 Å². The van der Waals surface area contributed by atoms with Crippen LogP contribution in [0.4, 0.5) is 0 Å². The second-order valence-electron chi connectivity index (χ2n) is 8.38. The van der Waals surface area contributed by atoms with Crippen LogP contribution in [0.2, 0.25) is 0 Å². The number of esters is 3. The molecule has 0 aromatic carbocycles. The van der Waals surface area contributed by atoms with Crippen molar-refractivity contribution in [1.29, 1.82) is 0 Å². The van der Waals surface area contributed by atoms with Gasteiger partial charge in [0.15, 0.2) is 6.10 Å². The van der Waals surface area contributed by atoms with E-state index in [2.05, 4.69) is 13.8 Å². The maximum atomic E-state index is 12.1. The standard InChI is InChI=1S/C22H40O6/c1-16(2)12-10-8-7-9-11-13-20(23)28-19(14-26-21(24)17(3)4)15-27-22(25)18(5)6/h16-19H,7-15H2,1-6H3. The van der Waals surface area contributed by atoms with Crippen molar-refractivity contribution in [2.45, 2.75) is 92.6 Å². The molecule has 28 heavy (non-hydrogen) atoms. The van der Waals surface area contributed by atoms with Crippen molar-refractivity contribution in [3.8, 4) is 0 Å². The van der Waals surface area contributed by atoms with Gasteiger partial charge in [0.25, 0.3) is 0 Å². The van der Waals surface area contributed by atoms with Gasteiger partial charge < -0.3 is 14.2 Å². The molecule has 0 N–H and O–H groups in total. The highest BCUT2D eigenvalue weighted by Crippen LogP contribution is 2.12. The molecule has 164 valence electrons. The van der Waals surface area contributed by atoms with Crippen molar-refractivity contribution in [3.05, 3.63) is 0 Å². The average Bonchev–Trinajstić information content (AvgIpc) is 2.61. The lowest BCUT2D eigenvalue weighted by molar-refractivity contribution is -0.169. The van der Waals surface area contributed by atoms with Gasteiger partial charge in [-0.1, -0.05) is 73.6 Å². The van der Waals surface area contributed by atoms with Crippen molar-refractivity contribution in [2.75, 3.05) is 13.2 Å². The predicted octanol–water partition coefficient (Wildman–Crippen LogP) is 4.68. The number of rotatable bonds is 15. The maximum absolute atomic E-state index is 12.1. The first kappa shape index (κ1) is 26.4. The monoisotopic (exact) mass is 400 g/mol. The van der Waals surface area contributed by atoms with Crippen molar-refractivity contribution < 1.29 is 28.6 Å². The van der Waals surface area contributed by atoms with Crippen LogP contribution in [0.15, 0.2) is 0 Å². The Morgan fingerprint density at radius 1 is 0.679 bits per heavy atom. The Bertz CT molecular complexity index is 432. The average molecular weight is 401 g/mol. The minimum atomic E-state index is -0.774. The highest BCUT2D eigenvalue weighted by Gasteiger charge is 2.21. The van der Waals surface area contributed by atoms with Gasteiger partial charge in [-0.05, 0) is 12.3 Å². The van der Waals surface area contributed by atoms with Gasteiger partial charge in [0, 0.05) is 6.42 Å². The van der Waals surface area contributed by atoms with Gasteiger partial charge in [0.05, 0.1) is 11.8 Å². The summed E-state index contributed by atoms with van der Waals surface area (Å²) in [6, 6.07) is 0. The summed E-state index contributed by atoms with van der Waals surface area (Å²) in [6.07, 6.45) is 6.07. The van der Waals surface area contributed by atoms with Crippen molar-refractivity contribution >= 4 is 17.9 Å². The number of ether oxygens (including phenoxy) is 3. The summed E-state index contributed by atoms with van der Waals surface area (Å²) in [5, 5.41) is 0. The van der Waals surface area contributed by atoms with Crippen LogP contribution in [-0.2, 0) is 28.6 Å². The van der Waals surface area contributed by atoms with Gasteiger partial charge >= 0.3 is 17.9 Å². The minimum absolute atomic E-state index is 0.108. The summed E-state index contributed by atoms with van der Waals surface area (Å²) in [5.74, 6) is -0.916. The zero-order chi connectivity index (χ0) is 21.5. The van der Waals surface area contributed by atoms with E-state index in [0.717, 1.165) is 25.2 Å². The fourth-order valence-electron chi connectivity index (χ4n) is 2.40. The lowest BCUT2D eigenvalue weighted by Crippen LogP contribution is -2.32. The van der Waals surface area contributed by atoms with Crippen LogP contribution in [0.5, 0.6) is 0 Å². The summed E-state index contributed by atoms with van der Waals surface area (Å²) in [7, 11) is 0. The summed E-state index contributed by atoms with van der Waals surface area (Å²) < 4.78 is 15.7. The lowest BCUT2D eigenvalue weighted by Gasteiger charge is -2.19. The first-order valence-electron chi connectivity index (χ1n) is 10.7. The smallest absolute Gasteiger partial charge is 0.308 e. The molecule has 0 aromatic rings. The van der Waals surface area contributed by atoms with E-state index < -0.39 is 6.10 Å². The fraction of sp³-hybridized carbons (Fsp3) is 0.864. The summed E-state index contributed by atoms with van der Waals surface area (Å²) in [6.45, 7) is 11.1. The third-order valence-corrected chi connectivity index (χ3v) is 4.23. The molecule has 0 atom stereocenters. The molecule has 0 saturated heterocycles. The SMILES string of the molecule is CC(C)CCCCCCCC(=O)OC(COC(=O)C(C)C)COC(=O)C(C)C. The van der Waals surface area contributed by atoms with Crippen LogP contribution in [-0.4, -0.2) is 37.2 Å². The van der Waals surface area contributed by atoms with Crippen molar-refractivity contribution in [1.82, 2.24) is 0 Å². The molecule has 0 aliphatic heterocycles. The molecule has 0 spiro atoms. The van der Waals surface area contributed by atoms with Crippen LogP contribution < -0.4 is 0 Å². The first-order valence-corrected chi connectivity index (χ1v) is 10.7. The molecule has 0 unspecified atom stereocenters. The predicted molar refractivity (Wildman–Crippen MR) is 109 cm³/mol. The third kappa shape index (κ3) is 14.5. The molecule has 0 radical (unpaired) electrons. The van der Waals surface area contributed by atoms with Crippen molar-refractivity contribution in [3.63, 3.8) is 0 Å². The van der Waals surface area contributed by atoms with Gasteiger partial charge in [0.1, 0.15) is 13.2 Å². The van der Waals surface area contributed by atoms with E-state index in [1.54, 1.807) is 27.7 Å². The first-order chi connectivity index (χ1) is 13.1. The topological polar surface area (TPSA) is 78.9 Å². The Morgan fingerprint density at radius 3 is 1.61 bits per heavy atom. The van der Waals surface area contributed by atoms with Crippen LogP contribution in [0.3, 0.4) is 0 Å². The molecule has 0 rings (SSSR count). The lowest BCUT2D eigenvalue weighted by atomic mass is 10.0. The van der Waals surface area contributed by atoms with Crippen molar-refractivity contribution in [2.24, 2.45) is 17.8 Å². The largest absolute Gasteiger partial charge is 0.461 e. The second-order valence-corrected chi connectivity index (χ2v) is 8.38. The van der Waals surface area contributed by atoms with E-state index in [9.17, 15) is 14.4 Å². The highest BCUT2D eigenvalue weighted by molar-refractivity contribution is 5.72. The quantitative estimate of drug-likeness (QED) is 0.225. The molecule has 0 aliphatic rings. The molecule has 0 bridgehead atoms. The van der Waals surface area contributed by atoms with E-state index in [1.807, 2.05) is 0 Å². The minimum Gasteiger partial charge on any atom is -0.461 e.